The van der Waals surface area contributed by atoms with Crippen molar-refractivity contribution < 1.29 is 0 Å². The van der Waals surface area contributed by atoms with E-state index in [1.54, 1.807) is 0 Å². The van der Waals surface area contributed by atoms with Gasteiger partial charge in [-0.1, -0.05) is 29.3 Å². The summed E-state index contributed by atoms with van der Waals surface area (Å²) < 4.78 is 1.11. The number of rotatable bonds is 3. The molecule has 1 heterocycles. The molecule has 2 N–H and O–H groups in total. The van der Waals surface area contributed by atoms with Crippen LogP contribution in [0, 0.1) is 5.92 Å². The van der Waals surface area contributed by atoms with E-state index in [9.17, 15) is 0 Å². The predicted molar refractivity (Wildman–Crippen MR) is 82.0 cm³/mol. The number of nitrogens with zero attached hydrogens (tertiary/aromatic N) is 1. The molecule has 1 aromatic rings. The second-order valence-electron chi connectivity index (χ2n) is 5.35. The third-order valence-corrected chi connectivity index (χ3v) is 4.41. The molecule has 0 bridgehead atoms. The zero-order chi connectivity index (χ0) is 13.1. The standard InChI is InChI=1S/C15H23BrN2/c1-3-12-5-4-8-18(10-12)15-7-6-13(16)9-14(15)11(2)17/h6-7,9,11-12H,3-5,8,10,17H2,1-2H3. The fourth-order valence-electron chi connectivity index (χ4n) is 2.80. The molecule has 1 fully saturated rings. The van der Waals surface area contributed by atoms with Gasteiger partial charge >= 0.3 is 0 Å². The van der Waals surface area contributed by atoms with E-state index in [1.807, 2.05) is 0 Å². The number of hydrogen-bond donors (Lipinski definition) is 1. The first-order valence-electron chi connectivity index (χ1n) is 6.91. The highest BCUT2D eigenvalue weighted by Crippen LogP contribution is 2.32. The normalized spacial score (nSPS) is 22.0. The molecule has 0 spiro atoms. The summed E-state index contributed by atoms with van der Waals surface area (Å²) in [5.74, 6) is 0.836. The van der Waals surface area contributed by atoms with E-state index in [-0.39, 0.29) is 6.04 Å². The van der Waals surface area contributed by atoms with Crippen LogP contribution in [0.3, 0.4) is 0 Å². The molecule has 0 aliphatic carbocycles. The van der Waals surface area contributed by atoms with E-state index in [0.717, 1.165) is 16.9 Å². The average Bonchev–Trinajstić information content (AvgIpc) is 2.38. The predicted octanol–water partition coefficient (Wildman–Crippen LogP) is 4.10. The van der Waals surface area contributed by atoms with Gasteiger partial charge in [0.15, 0.2) is 0 Å². The smallest absolute Gasteiger partial charge is 0.0415 e. The monoisotopic (exact) mass is 310 g/mol. The molecule has 100 valence electrons. The molecule has 1 aliphatic heterocycles. The highest BCUT2D eigenvalue weighted by Gasteiger charge is 2.21. The molecule has 3 heteroatoms. The number of nitrogens with two attached hydrogens (primary N) is 1. The summed E-state index contributed by atoms with van der Waals surface area (Å²) >= 11 is 3.54. The van der Waals surface area contributed by atoms with Gasteiger partial charge in [-0.2, -0.15) is 0 Å². The van der Waals surface area contributed by atoms with Gasteiger partial charge in [-0.3, -0.25) is 0 Å². The quantitative estimate of drug-likeness (QED) is 0.911. The van der Waals surface area contributed by atoms with Crippen LogP contribution in [0.2, 0.25) is 0 Å². The van der Waals surface area contributed by atoms with Crippen LogP contribution in [0.15, 0.2) is 22.7 Å². The summed E-state index contributed by atoms with van der Waals surface area (Å²) in [5, 5.41) is 0. The summed E-state index contributed by atoms with van der Waals surface area (Å²) in [7, 11) is 0. The van der Waals surface area contributed by atoms with E-state index in [0.29, 0.717) is 0 Å². The molecule has 2 atom stereocenters. The molecule has 2 nitrogen and oxygen atoms in total. The van der Waals surface area contributed by atoms with E-state index < -0.39 is 0 Å². The van der Waals surface area contributed by atoms with Crippen molar-refractivity contribution in [2.24, 2.45) is 11.7 Å². The lowest BCUT2D eigenvalue weighted by Gasteiger charge is -2.35. The van der Waals surface area contributed by atoms with Gasteiger partial charge in [0.25, 0.3) is 0 Å². The van der Waals surface area contributed by atoms with E-state index in [2.05, 4.69) is 52.9 Å². The van der Waals surface area contributed by atoms with Gasteiger partial charge in [-0.25, -0.2) is 0 Å². The van der Waals surface area contributed by atoms with Gasteiger partial charge < -0.3 is 10.6 Å². The summed E-state index contributed by atoms with van der Waals surface area (Å²) in [4.78, 5) is 2.52. The minimum atomic E-state index is 0.0829. The summed E-state index contributed by atoms with van der Waals surface area (Å²) in [6.45, 7) is 6.70. The third kappa shape index (κ3) is 3.07. The van der Waals surface area contributed by atoms with Crippen molar-refractivity contribution in [3.63, 3.8) is 0 Å². The Morgan fingerprint density at radius 3 is 2.94 bits per heavy atom. The minimum absolute atomic E-state index is 0.0829. The van der Waals surface area contributed by atoms with Gasteiger partial charge in [0.1, 0.15) is 0 Å². The number of anilines is 1. The van der Waals surface area contributed by atoms with Crippen LogP contribution in [-0.2, 0) is 0 Å². The van der Waals surface area contributed by atoms with Crippen molar-refractivity contribution in [3.05, 3.63) is 28.2 Å². The largest absolute Gasteiger partial charge is 0.371 e. The molecule has 0 radical (unpaired) electrons. The summed E-state index contributed by atoms with van der Waals surface area (Å²) in [5.41, 5.74) is 8.69. The summed E-state index contributed by atoms with van der Waals surface area (Å²) in [6.07, 6.45) is 3.95. The Balaban J connectivity index is 2.26. The Kier molecular flexibility index (Phi) is 4.68. The minimum Gasteiger partial charge on any atom is -0.371 e. The molecule has 18 heavy (non-hydrogen) atoms. The fraction of sp³-hybridized carbons (Fsp3) is 0.600. The van der Waals surface area contributed by atoms with E-state index in [4.69, 9.17) is 5.73 Å². The third-order valence-electron chi connectivity index (χ3n) is 3.92. The van der Waals surface area contributed by atoms with Crippen molar-refractivity contribution in [2.45, 2.75) is 39.2 Å². The molecule has 0 aromatic heterocycles. The van der Waals surface area contributed by atoms with Gasteiger partial charge in [0.05, 0.1) is 0 Å². The van der Waals surface area contributed by atoms with Gasteiger partial charge in [0.2, 0.25) is 0 Å². The van der Waals surface area contributed by atoms with Crippen LogP contribution in [0.5, 0.6) is 0 Å². The zero-order valence-corrected chi connectivity index (χ0v) is 12.9. The molecule has 2 rings (SSSR count). The van der Waals surface area contributed by atoms with Crippen LogP contribution in [0.25, 0.3) is 0 Å². The molecule has 0 saturated carbocycles. The van der Waals surface area contributed by atoms with Gasteiger partial charge in [0, 0.05) is 29.3 Å². The lowest BCUT2D eigenvalue weighted by atomic mass is 9.94. The Hall–Kier alpha value is -0.540. The average molecular weight is 311 g/mol. The molecular formula is C15H23BrN2. The van der Waals surface area contributed by atoms with Crippen molar-refractivity contribution in [1.82, 2.24) is 0 Å². The molecular weight excluding hydrogens is 288 g/mol. The van der Waals surface area contributed by atoms with E-state index >= 15 is 0 Å². The van der Waals surface area contributed by atoms with Crippen molar-refractivity contribution in [3.8, 4) is 0 Å². The lowest BCUT2D eigenvalue weighted by Crippen LogP contribution is -2.36. The SMILES string of the molecule is CCC1CCCN(c2ccc(Br)cc2C(C)N)C1. The maximum atomic E-state index is 6.11. The Bertz CT molecular complexity index is 403. The second kappa shape index (κ2) is 6.07. The highest BCUT2D eigenvalue weighted by molar-refractivity contribution is 9.10. The number of benzene rings is 1. The highest BCUT2D eigenvalue weighted by atomic mass is 79.9. The zero-order valence-electron chi connectivity index (χ0n) is 11.3. The molecule has 2 unspecified atom stereocenters. The number of hydrogen-bond acceptors (Lipinski definition) is 2. The fourth-order valence-corrected chi connectivity index (χ4v) is 3.17. The maximum Gasteiger partial charge on any atom is 0.0415 e. The van der Waals surface area contributed by atoms with Gasteiger partial charge in [-0.15, -0.1) is 0 Å². The Morgan fingerprint density at radius 1 is 1.50 bits per heavy atom. The van der Waals surface area contributed by atoms with Crippen molar-refractivity contribution in [1.29, 1.82) is 0 Å². The Labute approximate surface area is 119 Å². The van der Waals surface area contributed by atoms with Crippen LogP contribution in [0.1, 0.15) is 44.7 Å². The van der Waals surface area contributed by atoms with Crippen LogP contribution in [-0.4, -0.2) is 13.1 Å². The van der Waals surface area contributed by atoms with E-state index in [1.165, 1.54) is 37.1 Å². The van der Waals surface area contributed by atoms with Crippen LogP contribution < -0.4 is 10.6 Å². The first-order chi connectivity index (χ1) is 8.61. The molecule has 1 aromatic carbocycles. The first-order valence-corrected chi connectivity index (χ1v) is 7.71. The van der Waals surface area contributed by atoms with Crippen LogP contribution in [0.4, 0.5) is 5.69 Å². The number of piperidine rings is 1. The topological polar surface area (TPSA) is 29.3 Å². The van der Waals surface area contributed by atoms with Gasteiger partial charge in [-0.05, 0) is 49.4 Å². The summed E-state index contributed by atoms with van der Waals surface area (Å²) in [6, 6.07) is 6.58. The Morgan fingerprint density at radius 2 is 2.28 bits per heavy atom. The molecule has 1 saturated heterocycles. The van der Waals surface area contributed by atoms with Crippen molar-refractivity contribution >= 4 is 21.6 Å². The molecule has 1 aliphatic rings. The second-order valence-corrected chi connectivity index (χ2v) is 6.27. The number of halogens is 1. The van der Waals surface area contributed by atoms with Crippen LogP contribution >= 0.6 is 15.9 Å². The maximum absolute atomic E-state index is 6.11. The lowest BCUT2D eigenvalue weighted by molar-refractivity contribution is 0.404. The molecule has 0 amide bonds. The first kappa shape index (κ1) is 13.9. The van der Waals surface area contributed by atoms with Crippen molar-refractivity contribution in [2.75, 3.05) is 18.0 Å².